The highest BCUT2D eigenvalue weighted by molar-refractivity contribution is 5.93. The first kappa shape index (κ1) is 13.6. The van der Waals surface area contributed by atoms with Gasteiger partial charge in [-0.1, -0.05) is 30.3 Å². The molecule has 2 aromatic rings. The van der Waals surface area contributed by atoms with Gasteiger partial charge in [-0.2, -0.15) is 0 Å². The van der Waals surface area contributed by atoms with E-state index in [-0.39, 0.29) is 22.8 Å². The van der Waals surface area contributed by atoms with Gasteiger partial charge in [0.1, 0.15) is 0 Å². The topological polar surface area (TPSA) is 20.9 Å². The Morgan fingerprint density at radius 3 is 2.18 bits per heavy atom. The molecule has 88 valence electrons. The summed E-state index contributed by atoms with van der Waals surface area (Å²) in [5.74, 6) is 0.104. The minimum Gasteiger partial charge on any atom is -1.00 e. The monoisotopic (exact) mass is 291 g/mol. The Bertz CT molecular complexity index is 479. The molecule has 0 atom stereocenters. The number of Topliss-reactive ketones (excluding diaryl/α,β-unsaturated/α-hetero) is 1. The summed E-state index contributed by atoms with van der Waals surface area (Å²) < 4.78 is 2.06. The van der Waals surface area contributed by atoms with Crippen molar-refractivity contribution in [1.82, 2.24) is 0 Å². The summed E-state index contributed by atoms with van der Waals surface area (Å²) in [4.78, 5) is 11.1. The van der Waals surface area contributed by atoms with Gasteiger partial charge in [0.25, 0.3) is 0 Å². The second-order valence-corrected chi connectivity index (χ2v) is 3.80. The first-order chi connectivity index (χ1) is 7.75. The van der Waals surface area contributed by atoms with Gasteiger partial charge < -0.3 is 17.0 Å². The molecule has 3 heteroatoms. The molecule has 0 radical (unpaired) electrons. The van der Waals surface area contributed by atoms with E-state index in [0.29, 0.717) is 0 Å². The second-order valence-electron chi connectivity index (χ2n) is 3.80. The first-order valence-corrected chi connectivity index (χ1v) is 5.30. The minimum atomic E-state index is 0. The Morgan fingerprint density at radius 2 is 1.65 bits per heavy atom. The van der Waals surface area contributed by atoms with Crippen LogP contribution in [0.3, 0.4) is 0 Å². The van der Waals surface area contributed by atoms with Gasteiger partial charge in [0, 0.05) is 23.3 Å². The van der Waals surface area contributed by atoms with Crippen molar-refractivity contribution >= 4 is 5.78 Å². The number of ketones is 1. The molecule has 1 aromatic heterocycles. The number of benzene rings is 1. The van der Waals surface area contributed by atoms with Crippen molar-refractivity contribution in [3.63, 3.8) is 0 Å². The van der Waals surface area contributed by atoms with Crippen molar-refractivity contribution in [3.05, 3.63) is 66.0 Å². The van der Waals surface area contributed by atoms with Gasteiger partial charge in [-0.3, -0.25) is 4.79 Å². The lowest BCUT2D eigenvalue weighted by Crippen LogP contribution is -3.00. The van der Waals surface area contributed by atoms with Crippen molar-refractivity contribution < 1.29 is 26.3 Å². The van der Waals surface area contributed by atoms with E-state index in [2.05, 4.69) is 16.7 Å². The minimum absolute atomic E-state index is 0. The maximum atomic E-state index is 11.1. The van der Waals surface area contributed by atoms with Crippen molar-refractivity contribution in [3.8, 4) is 0 Å². The van der Waals surface area contributed by atoms with Crippen LogP contribution in [0.15, 0.2) is 54.9 Å². The summed E-state index contributed by atoms with van der Waals surface area (Å²) in [5.41, 5.74) is 2.01. The number of hydrogen-bond donors (Lipinski definition) is 0. The lowest BCUT2D eigenvalue weighted by atomic mass is 10.2. The Kier molecular flexibility index (Phi) is 5.04. The van der Waals surface area contributed by atoms with Crippen LogP contribution >= 0.6 is 0 Å². The zero-order chi connectivity index (χ0) is 11.4. The fraction of sp³-hybridized carbons (Fsp3) is 0.143. The number of carbonyl (C=O) groups is 1. The smallest absolute Gasteiger partial charge is 0.173 e. The average Bonchev–Trinajstić information content (AvgIpc) is 2.31. The molecule has 2 nitrogen and oxygen atoms in total. The molecule has 1 aromatic carbocycles. The molecule has 0 amide bonds. The third kappa shape index (κ3) is 3.79. The van der Waals surface area contributed by atoms with E-state index in [9.17, 15) is 4.79 Å². The van der Waals surface area contributed by atoms with Crippen LogP contribution in [-0.4, -0.2) is 5.78 Å². The van der Waals surface area contributed by atoms with Gasteiger partial charge in [0.05, 0.1) is 0 Å². The number of carbonyl (C=O) groups excluding carboxylic acids is 1. The molecular formula is C14H14BrNO. The van der Waals surface area contributed by atoms with Gasteiger partial charge in [-0.15, -0.1) is 0 Å². The maximum Gasteiger partial charge on any atom is 0.173 e. The molecule has 0 saturated carbocycles. The number of pyridine rings is 1. The largest absolute Gasteiger partial charge is 1.00 e. The van der Waals surface area contributed by atoms with Crippen LogP contribution in [0.5, 0.6) is 0 Å². The average molecular weight is 292 g/mol. The first-order valence-electron chi connectivity index (χ1n) is 5.30. The van der Waals surface area contributed by atoms with Crippen LogP contribution in [0, 0.1) is 0 Å². The SMILES string of the molecule is CC(=O)c1cc[n+](Cc2ccccc2)cc1.[Br-]. The zero-order valence-corrected chi connectivity index (χ0v) is 11.2. The number of hydrogen-bond acceptors (Lipinski definition) is 1. The Hall–Kier alpha value is -1.48. The molecule has 0 saturated heterocycles. The molecule has 1 heterocycles. The lowest BCUT2D eigenvalue weighted by molar-refractivity contribution is -0.688. The van der Waals surface area contributed by atoms with E-state index in [0.717, 1.165) is 12.1 Å². The third-order valence-corrected chi connectivity index (χ3v) is 2.51. The molecule has 2 rings (SSSR count). The summed E-state index contributed by atoms with van der Waals surface area (Å²) >= 11 is 0. The van der Waals surface area contributed by atoms with Gasteiger partial charge in [0.2, 0.25) is 0 Å². The van der Waals surface area contributed by atoms with E-state index in [4.69, 9.17) is 0 Å². The summed E-state index contributed by atoms with van der Waals surface area (Å²) in [6.07, 6.45) is 3.87. The fourth-order valence-corrected chi connectivity index (χ4v) is 1.59. The van der Waals surface area contributed by atoms with Crippen molar-refractivity contribution in [1.29, 1.82) is 0 Å². The van der Waals surface area contributed by atoms with Crippen LogP contribution in [-0.2, 0) is 6.54 Å². The molecule has 0 unspecified atom stereocenters. The standard InChI is InChI=1S/C14H14NO.BrH/c1-12(16)14-7-9-15(10-8-14)11-13-5-3-2-4-6-13;/h2-10H,11H2,1H3;1H/q+1;/p-1. The highest BCUT2D eigenvalue weighted by Gasteiger charge is 2.04. The Balaban J connectivity index is 0.00000144. The van der Waals surface area contributed by atoms with E-state index < -0.39 is 0 Å². The van der Waals surface area contributed by atoms with Crippen molar-refractivity contribution in [2.45, 2.75) is 13.5 Å². The quantitative estimate of drug-likeness (QED) is 0.537. The molecule has 17 heavy (non-hydrogen) atoms. The molecule has 0 aliphatic carbocycles. The van der Waals surface area contributed by atoms with E-state index >= 15 is 0 Å². The van der Waals surface area contributed by atoms with E-state index in [1.165, 1.54) is 5.56 Å². The summed E-state index contributed by atoms with van der Waals surface area (Å²) in [6, 6.07) is 13.9. The Morgan fingerprint density at radius 1 is 1.06 bits per heavy atom. The predicted octanol–water partition coefficient (Wildman–Crippen LogP) is -0.771. The number of aromatic nitrogens is 1. The molecule has 0 spiro atoms. The molecule has 0 aliphatic heterocycles. The van der Waals surface area contributed by atoms with Crippen LogP contribution in [0.1, 0.15) is 22.8 Å². The Labute approximate surface area is 112 Å². The summed E-state index contributed by atoms with van der Waals surface area (Å²) in [5, 5.41) is 0. The molecule has 0 aliphatic rings. The zero-order valence-electron chi connectivity index (χ0n) is 9.64. The fourth-order valence-electron chi connectivity index (χ4n) is 1.59. The molecule has 0 bridgehead atoms. The van der Waals surface area contributed by atoms with Crippen LogP contribution in [0.4, 0.5) is 0 Å². The number of nitrogens with zero attached hydrogens (tertiary/aromatic N) is 1. The van der Waals surface area contributed by atoms with Crippen LogP contribution < -0.4 is 21.5 Å². The van der Waals surface area contributed by atoms with Gasteiger partial charge in [0.15, 0.2) is 24.7 Å². The lowest BCUT2D eigenvalue weighted by Gasteiger charge is -1.98. The molecular weight excluding hydrogens is 278 g/mol. The second kappa shape index (κ2) is 6.30. The highest BCUT2D eigenvalue weighted by Crippen LogP contribution is 1.99. The highest BCUT2D eigenvalue weighted by atomic mass is 79.9. The van der Waals surface area contributed by atoms with E-state index in [1.807, 2.05) is 42.7 Å². The van der Waals surface area contributed by atoms with Crippen LogP contribution in [0.25, 0.3) is 0 Å². The van der Waals surface area contributed by atoms with Gasteiger partial charge in [-0.25, -0.2) is 4.57 Å². The normalized spacial score (nSPS) is 9.47. The van der Waals surface area contributed by atoms with Gasteiger partial charge in [-0.05, 0) is 6.92 Å². The maximum absolute atomic E-state index is 11.1. The summed E-state index contributed by atoms with van der Waals surface area (Å²) in [6.45, 7) is 2.41. The molecule has 0 N–H and O–H groups in total. The molecule has 0 fully saturated rings. The summed E-state index contributed by atoms with van der Waals surface area (Å²) in [7, 11) is 0. The van der Waals surface area contributed by atoms with Gasteiger partial charge >= 0.3 is 0 Å². The third-order valence-electron chi connectivity index (χ3n) is 2.51. The van der Waals surface area contributed by atoms with Crippen molar-refractivity contribution in [2.24, 2.45) is 0 Å². The van der Waals surface area contributed by atoms with Crippen molar-refractivity contribution in [2.75, 3.05) is 0 Å². The van der Waals surface area contributed by atoms with Crippen LogP contribution in [0.2, 0.25) is 0 Å². The number of halogens is 1. The predicted molar refractivity (Wildman–Crippen MR) is 62.2 cm³/mol. The number of rotatable bonds is 3. The van der Waals surface area contributed by atoms with E-state index in [1.54, 1.807) is 6.92 Å².